The number of pyridine rings is 1. The first-order chi connectivity index (χ1) is 8.58. The molecule has 2 aromatic rings. The van der Waals surface area contributed by atoms with Crippen molar-refractivity contribution in [2.24, 2.45) is 0 Å². The molecule has 2 heterocycles. The van der Waals surface area contributed by atoms with Crippen LogP contribution >= 0.6 is 0 Å². The van der Waals surface area contributed by atoms with Crippen LogP contribution in [0.25, 0.3) is 0 Å². The molecular weight excluding hydrogens is 232 g/mol. The van der Waals surface area contributed by atoms with E-state index < -0.39 is 5.97 Å². The maximum atomic E-state index is 11.2. The first kappa shape index (κ1) is 12.2. The molecule has 0 saturated heterocycles. The number of rotatable bonds is 4. The molecule has 0 aromatic carbocycles. The molecule has 0 fully saturated rings. The molecule has 0 aliphatic heterocycles. The second kappa shape index (κ2) is 4.91. The van der Waals surface area contributed by atoms with E-state index in [0.29, 0.717) is 12.4 Å². The van der Waals surface area contributed by atoms with Gasteiger partial charge in [0.15, 0.2) is 0 Å². The minimum absolute atomic E-state index is 0.201. The highest BCUT2D eigenvalue weighted by Gasteiger charge is 2.15. The highest BCUT2D eigenvalue weighted by molar-refractivity contribution is 5.93. The number of carboxylic acids is 1. The van der Waals surface area contributed by atoms with Crippen molar-refractivity contribution in [1.82, 2.24) is 4.98 Å². The number of nitrogens with zero attached hydrogens (tertiary/aromatic N) is 2. The zero-order chi connectivity index (χ0) is 13.1. The lowest BCUT2D eigenvalue weighted by Gasteiger charge is -2.19. The zero-order valence-corrected chi connectivity index (χ0v) is 10.3. The molecular formula is C13H14N2O3. The molecule has 0 bridgehead atoms. The number of aromatic nitrogens is 1. The molecule has 0 saturated carbocycles. The molecule has 0 unspecified atom stereocenters. The van der Waals surface area contributed by atoms with Crippen molar-refractivity contribution in [2.75, 3.05) is 11.9 Å². The highest BCUT2D eigenvalue weighted by Crippen LogP contribution is 2.19. The van der Waals surface area contributed by atoms with E-state index in [1.807, 2.05) is 13.0 Å². The van der Waals surface area contributed by atoms with Crippen molar-refractivity contribution in [2.45, 2.75) is 13.5 Å². The standard InChI is InChI=1S/C13H14N2O3/c1-9-3-4-11(13(16)17)12(14-9)15(2)7-10-5-6-18-8-10/h3-6,8H,7H2,1-2H3,(H,16,17). The van der Waals surface area contributed by atoms with Gasteiger partial charge in [-0.1, -0.05) is 0 Å². The average Bonchev–Trinajstić information content (AvgIpc) is 2.81. The number of furan rings is 1. The Hall–Kier alpha value is -2.30. The predicted octanol–water partition coefficient (Wildman–Crippen LogP) is 2.32. The van der Waals surface area contributed by atoms with Crippen molar-refractivity contribution >= 4 is 11.8 Å². The van der Waals surface area contributed by atoms with Crippen LogP contribution in [0.1, 0.15) is 21.6 Å². The fraction of sp³-hybridized carbons (Fsp3) is 0.231. The number of carbonyl (C=O) groups is 1. The predicted molar refractivity (Wildman–Crippen MR) is 66.7 cm³/mol. The largest absolute Gasteiger partial charge is 0.478 e. The molecule has 94 valence electrons. The Labute approximate surface area is 105 Å². The van der Waals surface area contributed by atoms with E-state index in [2.05, 4.69) is 4.98 Å². The first-order valence-corrected chi connectivity index (χ1v) is 5.51. The molecule has 0 aliphatic carbocycles. The lowest BCUT2D eigenvalue weighted by molar-refractivity contribution is 0.0697. The Kier molecular flexibility index (Phi) is 3.32. The molecule has 0 aliphatic rings. The number of hydrogen-bond donors (Lipinski definition) is 1. The summed E-state index contributed by atoms with van der Waals surface area (Å²) in [6, 6.07) is 5.11. The summed E-state index contributed by atoms with van der Waals surface area (Å²) >= 11 is 0. The Bertz CT molecular complexity index is 549. The topological polar surface area (TPSA) is 66.6 Å². The van der Waals surface area contributed by atoms with Crippen molar-refractivity contribution in [1.29, 1.82) is 0 Å². The van der Waals surface area contributed by atoms with Gasteiger partial charge in [0.25, 0.3) is 0 Å². The van der Waals surface area contributed by atoms with Crippen LogP contribution in [0.2, 0.25) is 0 Å². The van der Waals surface area contributed by atoms with Gasteiger partial charge in [-0.3, -0.25) is 0 Å². The second-order valence-corrected chi connectivity index (χ2v) is 4.12. The number of hydrogen-bond acceptors (Lipinski definition) is 4. The Balaban J connectivity index is 2.31. The zero-order valence-electron chi connectivity index (χ0n) is 10.3. The van der Waals surface area contributed by atoms with Crippen molar-refractivity contribution in [3.05, 3.63) is 47.5 Å². The van der Waals surface area contributed by atoms with Crippen LogP contribution in [0.4, 0.5) is 5.82 Å². The second-order valence-electron chi connectivity index (χ2n) is 4.12. The van der Waals surface area contributed by atoms with Crippen molar-refractivity contribution in [3.8, 4) is 0 Å². The molecule has 0 amide bonds. The van der Waals surface area contributed by atoms with Crippen LogP contribution in [0.3, 0.4) is 0 Å². The van der Waals surface area contributed by atoms with E-state index in [1.54, 1.807) is 36.6 Å². The lowest BCUT2D eigenvalue weighted by atomic mass is 10.2. The van der Waals surface area contributed by atoms with Gasteiger partial charge in [-0.05, 0) is 25.1 Å². The van der Waals surface area contributed by atoms with Gasteiger partial charge in [-0.15, -0.1) is 0 Å². The molecule has 0 radical (unpaired) electrons. The van der Waals surface area contributed by atoms with Crippen LogP contribution in [0.15, 0.2) is 35.1 Å². The summed E-state index contributed by atoms with van der Waals surface area (Å²) in [5.41, 5.74) is 1.96. The normalized spacial score (nSPS) is 10.3. The fourth-order valence-corrected chi connectivity index (χ4v) is 1.73. The van der Waals surface area contributed by atoms with E-state index in [4.69, 9.17) is 9.52 Å². The summed E-state index contributed by atoms with van der Waals surface area (Å²) in [7, 11) is 1.81. The number of anilines is 1. The Morgan fingerprint density at radius 2 is 2.22 bits per heavy atom. The van der Waals surface area contributed by atoms with Crippen LogP contribution < -0.4 is 4.90 Å². The summed E-state index contributed by atoms with van der Waals surface area (Å²) in [6.07, 6.45) is 3.22. The van der Waals surface area contributed by atoms with Gasteiger partial charge in [0.2, 0.25) is 0 Å². The quantitative estimate of drug-likeness (QED) is 0.896. The summed E-state index contributed by atoms with van der Waals surface area (Å²) in [6.45, 7) is 2.38. The number of aryl methyl sites for hydroxylation is 1. The smallest absolute Gasteiger partial charge is 0.339 e. The molecule has 2 rings (SSSR count). The van der Waals surface area contributed by atoms with E-state index >= 15 is 0 Å². The fourth-order valence-electron chi connectivity index (χ4n) is 1.73. The molecule has 0 spiro atoms. The van der Waals surface area contributed by atoms with Crippen LogP contribution in [0.5, 0.6) is 0 Å². The highest BCUT2D eigenvalue weighted by atomic mass is 16.4. The molecule has 0 atom stereocenters. The van der Waals surface area contributed by atoms with Gasteiger partial charge in [0, 0.05) is 24.8 Å². The van der Waals surface area contributed by atoms with Crippen LogP contribution in [-0.2, 0) is 6.54 Å². The Morgan fingerprint density at radius 1 is 1.44 bits per heavy atom. The van der Waals surface area contributed by atoms with Crippen LogP contribution in [0, 0.1) is 6.92 Å². The van der Waals surface area contributed by atoms with E-state index in [-0.39, 0.29) is 5.56 Å². The molecule has 1 N–H and O–H groups in total. The van der Waals surface area contributed by atoms with E-state index in [1.165, 1.54) is 0 Å². The van der Waals surface area contributed by atoms with Gasteiger partial charge in [-0.2, -0.15) is 0 Å². The minimum Gasteiger partial charge on any atom is -0.478 e. The maximum absolute atomic E-state index is 11.2. The SMILES string of the molecule is Cc1ccc(C(=O)O)c(N(C)Cc2ccoc2)n1. The van der Waals surface area contributed by atoms with Crippen molar-refractivity contribution in [3.63, 3.8) is 0 Å². The van der Waals surface area contributed by atoms with Gasteiger partial charge in [0.05, 0.1) is 12.5 Å². The lowest BCUT2D eigenvalue weighted by Crippen LogP contribution is -2.20. The van der Waals surface area contributed by atoms with Gasteiger partial charge in [0.1, 0.15) is 11.4 Å². The monoisotopic (exact) mass is 246 g/mol. The first-order valence-electron chi connectivity index (χ1n) is 5.51. The molecule has 18 heavy (non-hydrogen) atoms. The van der Waals surface area contributed by atoms with Gasteiger partial charge < -0.3 is 14.4 Å². The van der Waals surface area contributed by atoms with Crippen LogP contribution in [-0.4, -0.2) is 23.1 Å². The van der Waals surface area contributed by atoms with E-state index in [9.17, 15) is 4.79 Å². The third-order valence-corrected chi connectivity index (χ3v) is 2.61. The Morgan fingerprint density at radius 3 is 2.83 bits per heavy atom. The summed E-state index contributed by atoms with van der Waals surface area (Å²) in [4.78, 5) is 17.2. The molecule has 5 nitrogen and oxygen atoms in total. The van der Waals surface area contributed by atoms with Crippen molar-refractivity contribution < 1.29 is 14.3 Å². The van der Waals surface area contributed by atoms with E-state index in [0.717, 1.165) is 11.3 Å². The molecule has 5 heteroatoms. The van der Waals surface area contributed by atoms with Gasteiger partial charge >= 0.3 is 5.97 Å². The summed E-state index contributed by atoms with van der Waals surface area (Å²) in [5.74, 6) is -0.514. The summed E-state index contributed by atoms with van der Waals surface area (Å²) in [5, 5.41) is 9.15. The number of aromatic carboxylic acids is 1. The third kappa shape index (κ3) is 2.51. The number of carboxylic acid groups (broad SMARTS) is 1. The average molecular weight is 246 g/mol. The summed E-state index contributed by atoms with van der Waals surface area (Å²) < 4.78 is 4.99. The molecule has 2 aromatic heterocycles. The minimum atomic E-state index is -0.975. The third-order valence-electron chi connectivity index (χ3n) is 2.61. The van der Waals surface area contributed by atoms with Gasteiger partial charge in [-0.25, -0.2) is 9.78 Å². The maximum Gasteiger partial charge on any atom is 0.339 e.